The molecule has 1 aliphatic rings. The van der Waals surface area contributed by atoms with Crippen molar-refractivity contribution in [1.82, 2.24) is 14.7 Å². The number of aliphatic carboxylic acids is 1. The second kappa shape index (κ2) is 5.07. The van der Waals surface area contributed by atoms with Gasteiger partial charge in [0.15, 0.2) is 0 Å². The fourth-order valence-corrected chi connectivity index (χ4v) is 1.73. The van der Waals surface area contributed by atoms with Crippen molar-refractivity contribution >= 4 is 17.7 Å². The maximum atomic E-state index is 12.0. The van der Waals surface area contributed by atoms with Gasteiger partial charge in [-0.1, -0.05) is 0 Å². The Bertz CT molecular complexity index is 453. The number of carboxylic acids is 1. The summed E-state index contributed by atoms with van der Waals surface area (Å²) in [5, 5.41) is 15.3. The number of urea groups is 1. The van der Waals surface area contributed by atoms with Crippen LogP contribution in [0.3, 0.4) is 0 Å². The third-order valence-corrected chi connectivity index (χ3v) is 2.77. The third kappa shape index (κ3) is 3.22. The van der Waals surface area contributed by atoms with Crippen molar-refractivity contribution in [3.8, 4) is 0 Å². The minimum Gasteiger partial charge on any atom is -0.481 e. The molecule has 98 valence electrons. The zero-order valence-electron chi connectivity index (χ0n) is 10.2. The molecule has 1 heterocycles. The van der Waals surface area contributed by atoms with E-state index in [0.717, 1.165) is 12.8 Å². The number of amides is 2. The number of anilines is 1. The number of carboxylic acid groups (broad SMARTS) is 1. The number of nitrogens with one attached hydrogen (secondary N) is 1. The lowest BCUT2D eigenvalue weighted by Crippen LogP contribution is -2.38. The molecule has 0 bridgehead atoms. The summed E-state index contributed by atoms with van der Waals surface area (Å²) in [4.78, 5) is 24.1. The highest BCUT2D eigenvalue weighted by Crippen LogP contribution is 2.27. The lowest BCUT2D eigenvalue weighted by atomic mass is 10.4. The summed E-state index contributed by atoms with van der Waals surface area (Å²) in [5.41, 5.74) is 0.614. The first kappa shape index (κ1) is 12.4. The molecule has 1 aromatic rings. The van der Waals surface area contributed by atoms with Crippen molar-refractivity contribution in [2.24, 2.45) is 7.05 Å². The molecule has 7 heteroatoms. The van der Waals surface area contributed by atoms with E-state index in [4.69, 9.17) is 5.11 Å². The minimum absolute atomic E-state index is 0.0308. The Labute approximate surface area is 104 Å². The van der Waals surface area contributed by atoms with Gasteiger partial charge in [-0.15, -0.1) is 0 Å². The minimum atomic E-state index is -0.894. The molecule has 1 aromatic heterocycles. The Kier molecular flexibility index (Phi) is 3.50. The molecule has 1 fully saturated rings. The van der Waals surface area contributed by atoms with Crippen LogP contribution in [0.25, 0.3) is 0 Å². The Balaban J connectivity index is 1.93. The summed E-state index contributed by atoms with van der Waals surface area (Å²) in [6.45, 7) is 0.242. The first-order chi connectivity index (χ1) is 8.56. The van der Waals surface area contributed by atoms with Gasteiger partial charge < -0.3 is 15.3 Å². The monoisotopic (exact) mass is 252 g/mol. The number of carbonyl (C=O) groups is 2. The van der Waals surface area contributed by atoms with Gasteiger partial charge in [-0.25, -0.2) is 4.79 Å². The maximum Gasteiger partial charge on any atom is 0.322 e. The van der Waals surface area contributed by atoms with Gasteiger partial charge in [0.1, 0.15) is 0 Å². The van der Waals surface area contributed by atoms with Gasteiger partial charge >= 0.3 is 12.0 Å². The fraction of sp³-hybridized carbons (Fsp3) is 0.545. The van der Waals surface area contributed by atoms with Crippen LogP contribution in [0.15, 0.2) is 12.4 Å². The number of aryl methyl sites for hydroxylation is 1. The summed E-state index contributed by atoms with van der Waals surface area (Å²) < 4.78 is 1.59. The molecule has 0 atom stereocenters. The van der Waals surface area contributed by atoms with Crippen molar-refractivity contribution in [3.05, 3.63) is 12.4 Å². The van der Waals surface area contributed by atoms with Crippen LogP contribution in [0.5, 0.6) is 0 Å². The number of nitrogens with zero attached hydrogens (tertiary/aromatic N) is 3. The van der Waals surface area contributed by atoms with Gasteiger partial charge in [0.25, 0.3) is 0 Å². The average molecular weight is 252 g/mol. The Hall–Kier alpha value is -2.05. The molecule has 2 N–H and O–H groups in total. The predicted octanol–water partition coefficient (Wildman–Crippen LogP) is 0.891. The molecule has 0 saturated heterocycles. The maximum absolute atomic E-state index is 12.0. The highest BCUT2D eigenvalue weighted by molar-refractivity contribution is 5.89. The van der Waals surface area contributed by atoms with Crippen LogP contribution >= 0.6 is 0 Å². The molecule has 0 radical (unpaired) electrons. The summed E-state index contributed by atoms with van der Waals surface area (Å²) in [6.07, 6.45) is 5.11. The van der Waals surface area contributed by atoms with Gasteiger partial charge in [-0.3, -0.25) is 9.48 Å². The van der Waals surface area contributed by atoms with Gasteiger partial charge in [0.2, 0.25) is 0 Å². The number of aromatic nitrogens is 2. The van der Waals surface area contributed by atoms with E-state index in [-0.39, 0.29) is 25.0 Å². The summed E-state index contributed by atoms with van der Waals surface area (Å²) >= 11 is 0. The lowest BCUT2D eigenvalue weighted by molar-refractivity contribution is -0.137. The highest BCUT2D eigenvalue weighted by atomic mass is 16.4. The highest BCUT2D eigenvalue weighted by Gasteiger charge is 2.32. The molecule has 2 rings (SSSR count). The Morgan fingerprint density at radius 1 is 1.61 bits per heavy atom. The molecule has 2 amide bonds. The van der Waals surface area contributed by atoms with Crippen LogP contribution in [0, 0.1) is 0 Å². The van der Waals surface area contributed by atoms with Crippen molar-refractivity contribution in [1.29, 1.82) is 0 Å². The predicted molar refractivity (Wildman–Crippen MR) is 64.2 cm³/mol. The smallest absolute Gasteiger partial charge is 0.322 e. The SMILES string of the molecule is Cn1cc(NC(=O)N(CCC(=O)O)C2CC2)cn1. The number of carbonyl (C=O) groups excluding carboxylic acids is 1. The van der Waals surface area contributed by atoms with Crippen LogP contribution in [-0.2, 0) is 11.8 Å². The molecular weight excluding hydrogens is 236 g/mol. The van der Waals surface area contributed by atoms with Crippen LogP contribution < -0.4 is 5.32 Å². The number of rotatable bonds is 5. The number of hydrogen-bond donors (Lipinski definition) is 2. The van der Waals surface area contributed by atoms with E-state index in [1.54, 1.807) is 29.0 Å². The van der Waals surface area contributed by atoms with Crippen molar-refractivity contribution < 1.29 is 14.7 Å². The van der Waals surface area contributed by atoms with Gasteiger partial charge in [0, 0.05) is 25.8 Å². The Morgan fingerprint density at radius 2 is 2.33 bits per heavy atom. The lowest BCUT2D eigenvalue weighted by Gasteiger charge is -2.21. The standard InChI is InChI=1S/C11H16N4O3/c1-14-7-8(6-12-14)13-11(18)15(9-2-3-9)5-4-10(16)17/h6-7,9H,2-5H2,1H3,(H,13,18)(H,16,17). The van der Waals surface area contributed by atoms with Gasteiger partial charge in [-0.2, -0.15) is 5.10 Å². The largest absolute Gasteiger partial charge is 0.481 e. The summed E-state index contributed by atoms with van der Waals surface area (Å²) in [6, 6.07) is -0.0761. The normalized spacial score (nSPS) is 14.3. The zero-order valence-corrected chi connectivity index (χ0v) is 10.2. The van der Waals surface area contributed by atoms with E-state index in [9.17, 15) is 9.59 Å². The van der Waals surface area contributed by atoms with E-state index in [2.05, 4.69) is 10.4 Å². The van der Waals surface area contributed by atoms with Crippen LogP contribution in [0.1, 0.15) is 19.3 Å². The topological polar surface area (TPSA) is 87.5 Å². The van der Waals surface area contributed by atoms with Crippen LogP contribution in [0.4, 0.5) is 10.5 Å². The van der Waals surface area contributed by atoms with E-state index in [0.29, 0.717) is 5.69 Å². The fourth-order valence-electron chi connectivity index (χ4n) is 1.73. The average Bonchev–Trinajstić information content (AvgIpc) is 3.03. The first-order valence-electron chi connectivity index (χ1n) is 5.84. The molecule has 0 aliphatic heterocycles. The van der Waals surface area contributed by atoms with E-state index >= 15 is 0 Å². The van der Waals surface area contributed by atoms with Crippen molar-refractivity contribution in [3.63, 3.8) is 0 Å². The molecule has 0 aromatic carbocycles. The second-order valence-corrected chi connectivity index (χ2v) is 4.40. The van der Waals surface area contributed by atoms with Crippen molar-refractivity contribution in [2.75, 3.05) is 11.9 Å². The zero-order chi connectivity index (χ0) is 13.1. The summed E-state index contributed by atoms with van der Waals surface area (Å²) in [5.74, 6) is -0.894. The molecule has 0 spiro atoms. The van der Waals surface area contributed by atoms with E-state index < -0.39 is 5.97 Å². The molecule has 1 aliphatic carbocycles. The van der Waals surface area contributed by atoms with E-state index in [1.807, 2.05) is 0 Å². The molecule has 1 saturated carbocycles. The molecule has 7 nitrogen and oxygen atoms in total. The van der Waals surface area contributed by atoms with Crippen LogP contribution in [-0.4, -0.2) is 44.4 Å². The van der Waals surface area contributed by atoms with Crippen molar-refractivity contribution in [2.45, 2.75) is 25.3 Å². The van der Waals surface area contributed by atoms with Crippen LogP contribution in [0.2, 0.25) is 0 Å². The molecular formula is C11H16N4O3. The first-order valence-corrected chi connectivity index (χ1v) is 5.84. The van der Waals surface area contributed by atoms with E-state index in [1.165, 1.54) is 0 Å². The second-order valence-electron chi connectivity index (χ2n) is 4.40. The Morgan fingerprint density at radius 3 is 2.83 bits per heavy atom. The summed E-state index contributed by atoms with van der Waals surface area (Å²) in [7, 11) is 1.76. The quantitative estimate of drug-likeness (QED) is 0.814. The van der Waals surface area contributed by atoms with Gasteiger partial charge in [0.05, 0.1) is 18.3 Å². The third-order valence-electron chi connectivity index (χ3n) is 2.77. The molecule has 18 heavy (non-hydrogen) atoms. The molecule has 0 unspecified atom stereocenters. The number of hydrogen-bond acceptors (Lipinski definition) is 3. The van der Waals surface area contributed by atoms with Gasteiger partial charge in [-0.05, 0) is 12.8 Å².